The van der Waals surface area contributed by atoms with Gasteiger partial charge in [-0.1, -0.05) is 44.0 Å². The van der Waals surface area contributed by atoms with E-state index >= 15 is 0 Å². The van der Waals surface area contributed by atoms with E-state index in [2.05, 4.69) is 36.7 Å². The normalized spacial score (nSPS) is 12.1. The zero-order valence-electron chi connectivity index (χ0n) is 12.6. The van der Waals surface area contributed by atoms with Crippen LogP contribution in [0.15, 0.2) is 53.4 Å². The number of halogens is 1. The van der Waals surface area contributed by atoms with E-state index in [4.69, 9.17) is 0 Å². The summed E-state index contributed by atoms with van der Waals surface area (Å²) in [5.74, 6) is -0.183. The first kappa shape index (κ1) is 15.9. The summed E-state index contributed by atoms with van der Waals surface area (Å²) < 4.78 is 13.1. The number of rotatable bonds is 7. The third-order valence-corrected chi connectivity index (χ3v) is 4.35. The van der Waals surface area contributed by atoms with E-state index in [1.165, 1.54) is 17.0 Å². The zero-order valence-corrected chi connectivity index (χ0v) is 13.4. The molecule has 0 heterocycles. The Morgan fingerprint density at radius 3 is 2.48 bits per heavy atom. The maximum absolute atomic E-state index is 13.1. The molecular weight excluding hydrogens is 281 g/mol. The van der Waals surface area contributed by atoms with Crippen molar-refractivity contribution in [2.24, 2.45) is 0 Å². The number of anilines is 1. The zero-order chi connectivity index (χ0) is 15.1. The number of nitrogens with one attached hydrogen (secondary N) is 1. The Kier molecular flexibility index (Phi) is 6.12. The van der Waals surface area contributed by atoms with Gasteiger partial charge in [0.2, 0.25) is 0 Å². The molecule has 0 fully saturated rings. The van der Waals surface area contributed by atoms with Crippen molar-refractivity contribution >= 4 is 17.4 Å². The SMILES string of the molecule is CCCCC(Nc1ccccc1SC)c1ccc(F)cc1. The van der Waals surface area contributed by atoms with E-state index < -0.39 is 0 Å². The van der Waals surface area contributed by atoms with E-state index in [1.807, 2.05) is 18.2 Å². The van der Waals surface area contributed by atoms with Gasteiger partial charge in [0, 0.05) is 10.6 Å². The first-order valence-corrected chi connectivity index (χ1v) is 8.62. The summed E-state index contributed by atoms with van der Waals surface area (Å²) >= 11 is 1.74. The van der Waals surface area contributed by atoms with Crippen LogP contribution in [0.4, 0.5) is 10.1 Å². The van der Waals surface area contributed by atoms with Crippen molar-refractivity contribution in [1.29, 1.82) is 0 Å². The minimum absolute atomic E-state index is 0.183. The van der Waals surface area contributed by atoms with Gasteiger partial charge in [-0.25, -0.2) is 4.39 Å². The third kappa shape index (κ3) is 4.50. The number of thioether (sulfide) groups is 1. The molecule has 0 radical (unpaired) electrons. The van der Waals surface area contributed by atoms with Crippen LogP contribution in [0, 0.1) is 5.82 Å². The maximum Gasteiger partial charge on any atom is 0.123 e. The molecule has 112 valence electrons. The van der Waals surface area contributed by atoms with Crippen LogP contribution in [-0.4, -0.2) is 6.26 Å². The molecule has 0 saturated heterocycles. The smallest absolute Gasteiger partial charge is 0.123 e. The second kappa shape index (κ2) is 8.08. The maximum atomic E-state index is 13.1. The lowest BCUT2D eigenvalue weighted by Crippen LogP contribution is -2.11. The van der Waals surface area contributed by atoms with Crippen LogP contribution in [-0.2, 0) is 0 Å². The average molecular weight is 303 g/mol. The molecule has 1 nitrogen and oxygen atoms in total. The van der Waals surface area contributed by atoms with Gasteiger partial charge in [-0.2, -0.15) is 0 Å². The summed E-state index contributed by atoms with van der Waals surface area (Å²) in [5.41, 5.74) is 2.29. The fraction of sp³-hybridized carbons (Fsp3) is 0.333. The van der Waals surface area contributed by atoms with Crippen molar-refractivity contribution in [3.05, 3.63) is 59.9 Å². The lowest BCUT2D eigenvalue weighted by atomic mass is 10.0. The Balaban J connectivity index is 2.21. The van der Waals surface area contributed by atoms with E-state index in [0.29, 0.717) is 0 Å². The van der Waals surface area contributed by atoms with Gasteiger partial charge in [-0.15, -0.1) is 11.8 Å². The molecule has 1 unspecified atom stereocenters. The highest BCUT2D eigenvalue weighted by atomic mass is 32.2. The summed E-state index contributed by atoms with van der Waals surface area (Å²) in [6, 6.07) is 15.4. The van der Waals surface area contributed by atoms with Gasteiger partial charge in [-0.3, -0.25) is 0 Å². The fourth-order valence-electron chi connectivity index (χ4n) is 2.38. The molecule has 0 aliphatic rings. The molecule has 0 amide bonds. The van der Waals surface area contributed by atoms with Gasteiger partial charge >= 0.3 is 0 Å². The van der Waals surface area contributed by atoms with Crippen molar-refractivity contribution in [3.63, 3.8) is 0 Å². The van der Waals surface area contributed by atoms with E-state index in [1.54, 1.807) is 11.8 Å². The molecule has 1 N–H and O–H groups in total. The molecule has 2 aromatic rings. The van der Waals surface area contributed by atoms with Crippen LogP contribution in [0.25, 0.3) is 0 Å². The second-order valence-corrected chi connectivity index (χ2v) is 5.94. The highest BCUT2D eigenvalue weighted by molar-refractivity contribution is 7.98. The molecule has 0 bridgehead atoms. The Morgan fingerprint density at radius 1 is 1.10 bits per heavy atom. The molecular formula is C18H22FNS. The highest BCUT2D eigenvalue weighted by Crippen LogP contribution is 2.30. The van der Waals surface area contributed by atoms with Crippen molar-refractivity contribution in [2.75, 3.05) is 11.6 Å². The number of benzene rings is 2. The van der Waals surface area contributed by atoms with Crippen LogP contribution < -0.4 is 5.32 Å². The van der Waals surface area contributed by atoms with E-state index in [9.17, 15) is 4.39 Å². The predicted molar refractivity (Wildman–Crippen MR) is 90.5 cm³/mol. The summed E-state index contributed by atoms with van der Waals surface area (Å²) in [6.07, 6.45) is 5.43. The lowest BCUT2D eigenvalue weighted by Gasteiger charge is -2.22. The number of hydrogen-bond donors (Lipinski definition) is 1. The molecule has 1 atom stereocenters. The van der Waals surface area contributed by atoms with Crippen molar-refractivity contribution in [2.45, 2.75) is 37.1 Å². The van der Waals surface area contributed by atoms with Gasteiger partial charge in [0.1, 0.15) is 5.82 Å². The Labute approximate surface area is 131 Å². The van der Waals surface area contributed by atoms with Gasteiger partial charge in [0.15, 0.2) is 0 Å². The Bertz CT molecular complexity index is 553. The Hall–Kier alpha value is -1.48. The van der Waals surface area contributed by atoms with Crippen LogP contribution in [0.5, 0.6) is 0 Å². The molecule has 21 heavy (non-hydrogen) atoms. The largest absolute Gasteiger partial charge is 0.377 e. The van der Waals surface area contributed by atoms with Gasteiger partial charge < -0.3 is 5.32 Å². The topological polar surface area (TPSA) is 12.0 Å². The first-order chi connectivity index (χ1) is 10.2. The second-order valence-electron chi connectivity index (χ2n) is 5.09. The van der Waals surface area contributed by atoms with E-state index in [0.717, 1.165) is 30.5 Å². The highest BCUT2D eigenvalue weighted by Gasteiger charge is 2.12. The number of unbranched alkanes of at least 4 members (excludes halogenated alkanes) is 1. The fourth-order valence-corrected chi connectivity index (χ4v) is 2.94. The summed E-state index contributed by atoms with van der Waals surface area (Å²) in [6.45, 7) is 2.19. The summed E-state index contributed by atoms with van der Waals surface area (Å²) in [4.78, 5) is 1.24. The van der Waals surface area contributed by atoms with Crippen molar-refractivity contribution in [3.8, 4) is 0 Å². The molecule has 2 aromatic carbocycles. The molecule has 0 aromatic heterocycles. The standard InChI is InChI=1S/C18H22FNS/c1-3-4-7-16(14-10-12-15(19)13-11-14)20-17-8-5-6-9-18(17)21-2/h5-6,8-13,16,20H,3-4,7H2,1-2H3. The van der Waals surface area contributed by atoms with Crippen LogP contribution in [0.1, 0.15) is 37.8 Å². The van der Waals surface area contributed by atoms with Crippen molar-refractivity contribution in [1.82, 2.24) is 0 Å². The molecule has 2 rings (SSSR count). The number of para-hydroxylation sites is 1. The lowest BCUT2D eigenvalue weighted by molar-refractivity contribution is 0.616. The molecule has 0 aliphatic carbocycles. The molecule has 0 saturated carbocycles. The molecule has 0 aliphatic heterocycles. The van der Waals surface area contributed by atoms with Gasteiger partial charge in [0.25, 0.3) is 0 Å². The number of hydrogen-bond acceptors (Lipinski definition) is 2. The summed E-state index contributed by atoms with van der Waals surface area (Å²) in [5, 5.41) is 3.63. The molecule has 0 spiro atoms. The van der Waals surface area contributed by atoms with Gasteiger partial charge in [-0.05, 0) is 42.5 Å². The van der Waals surface area contributed by atoms with E-state index in [-0.39, 0.29) is 11.9 Å². The predicted octanol–water partition coefficient (Wildman–Crippen LogP) is 5.89. The first-order valence-electron chi connectivity index (χ1n) is 7.39. The third-order valence-electron chi connectivity index (χ3n) is 3.56. The van der Waals surface area contributed by atoms with Crippen LogP contribution in [0.3, 0.4) is 0 Å². The van der Waals surface area contributed by atoms with Gasteiger partial charge in [0.05, 0.1) is 6.04 Å². The minimum Gasteiger partial charge on any atom is -0.377 e. The minimum atomic E-state index is -0.183. The summed E-state index contributed by atoms with van der Waals surface area (Å²) in [7, 11) is 0. The quantitative estimate of drug-likeness (QED) is 0.640. The molecule has 3 heteroatoms. The van der Waals surface area contributed by atoms with Crippen LogP contribution >= 0.6 is 11.8 Å². The van der Waals surface area contributed by atoms with Crippen molar-refractivity contribution < 1.29 is 4.39 Å². The Morgan fingerprint density at radius 2 is 1.81 bits per heavy atom. The average Bonchev–Trinajstić information content (AvgIpc) is 2.52. The van der Waals surface area contributed by atoms with Crippen LogP contribution in [0.2, 0.25) is 0 Å². The monoisotopic (exact) mass is 303 g/mol.